The molecule has 0 aliphatic carbocycles. The second-order valence-corrected chi connectivity index (χ2v) is 6.93. The second kappa shape index (κ2) is 7.36. The summed E-state index contributed by atoms with van der Waals surface area (Å²) in [4.78, 5) is 6.85. The second-order valence-electron chi connectivity index (χ2n) is 6.21. The van der Waals surface area contributed by atoms with Gasteiger partial charge in [0, 0.05) is 18.3 Å². The van der Waals surface area contributed by atoms with Crippen molar-refractivity contribution in [3.63, 3.8) is 0 Å². The van der Waals surface area contributed by atoms with Crippen LogP contribution in [0, 0.1) is 12.8 Å². The number of aliphatic hydroxyl groups is 1. The van der Waals surface area contributed by atoms with Gasteiger partial charge in [0.25, 0.3) is 0 Å². The highest BCUT2D eigenvalue weighted by molar-refractivity contribution is 7.07. The number of aromatic nitrogens is 1. The molecular weight excluding hydrogens is 292 g/mol. The van der Waals surface area contributed by atoms with Gasteiger partial charge in [-0.2, -0.15) is 0 Å². The van der Waals surface area contributed by atoms with Gasteiger partial charge in [0.2, 0.25) is 0 Å². The molecule has 1 aromatic carbocycles. The molecule has 1 aliphatic rings. The van der Waals surface area contributed by atoms with Crippen molar-refractivity contribution in [2.75, 3.05) is 19.6 Å². The van der Waals surface area contributed by atoms with Crippen molar-refractivity contribution in [2.24, 2.45) is 5.92 Å². The Morgan fingerprint density at radius 2 is 2.09 bits per heavy atom. The fourth-order valence-electron chi connectivity index (χ4n) is 3.30. The van der Waals surface area contributed by atoms with Gasteiger partial charge in [-0.05, 0) is 49.9 Å². The lowest BCUT2D eigenvalue weighted by atomic mass is 9.86. The van der Waals surface area contributed by atoms with E-state index in [-0.39, 0.29) is 6.10 Å². The van der Waals surface area contributed by atoms with Crippen LogP contribution in [-0.2, 0) is 6.42 Å². The van der Waals surface area contributed by atoms with Crippen LogP contribution >= 0.6 is 11.3 Å². The Morgan fingerprint density at radius 3 is 2.77 bits per heavy atom. The van der Waals surface area contributed by atoms with E-state index in [0.29, 0.717) is 5.92 Å². The number of likely N-dealkylation sites (tertiary alicyclic amines) is 1. The van der Waals surface area contributed by atoms with E-state index in [4.69, 9.17) is 0 Å². The first-order valence-corrected chi connectivity index (χ1v) is 9.01. The van der Waals surface area contributed by atoms with Crippen molar-refractivity contribution in [3.05, 3.63) is 52.0 Å². The third-order valence-electron chi connectivity index (χ3n) is 4.75. The Labute approximate surface area is 136 Å². The van der Waals surface area contributed by atoms with Gasteiger partial charge in [0.15, 0.2) is 0 Å². The third-order valence-corrected chi connectivity index (χ3v) is 5.39. The fourth-order valence-corrected chi connectivity index (χ4v) is 3.89. The predicted octanol–water partition coefficient (Wildman–Crippen LogP) is 3.44. The summed E-state index contributed by atoms with van der Waals surface area (Å²) < 4.78 is 0. The minimum Gasteiger partial charge on any atom is -0.388 e. The normalized spacial score (nSPS) is 18.5. The molecule has 0 bridgehead atoms. The average molecular weight is 316 g/mol. The highest BCUT2D eigenvalue weighted by atomic mass is 32.1. The first-order chi connectivity index (χ1) is 10.7. The molecule has 2 aromatic rings. The molecule has 1 fully saturated rings. The number of nitrogens with zero attached hydrogens (tertiary/aromatic N) is 2. The SMILES string of the molecule is Cc1ccccc1C(O)C1CCN(CCc2cscn2)CC1. The highest BCUT2D eigenvalue weighted by Gasteiger charge is 2.26. The minimum absolute atomic E-state index is 0.318. The molecule has 1 aromatic heterocycles. The summed E-state index contributed by atoms with van der Waals surface area (Å²) in [5, 5.41) is 12.8. The van der Waals surface area contributed by atoms with Gasteiger partial charge < -0.3 is 10.0 Å². The molecule has 4 heteroatoms. The van der Waals surface area contributed by atoms with E-state index in [1.54, 1.807) is 11.3 Å². The maximum atomic E-state index is 10.7. The number of aryl methyl sites for hydroxylation is 1. The summed E-state index contributed by atoms with van der Waals surface area (Å²) in [5.74, 6) is 0.386. The Kier molecular flexibility index (Phi) is 5.24. The molecule has 2 heterocycles. The van der Waals surface area contributed by atoms with Crippen molar-refractivity contribution >= 4 is 11.3 Å². The van der Waals surface area contributed by atoms with E-state index in [0.717, 1.165) is 44.5 Å². The first kappa shape index (κ1) is 15.7. The number of hydrogen-bond acceptors (Lipinski definition) is 4. The molecule has 0 spiro atoms. The van der Waals surface area contributed by atoms with E-state index < -0.39 is 0 Å². The summed E-state index contributed by atoms with van der Waals surface area (Å²) in [6, 6.07) is 8.21. The van der Waals surface area contributed by atoms with Gasteiger partial charge in [-0.25, -0.2) is 4.98 Å². The van der Waals surface area contributed by atoms with E-state index in [9.17, 15) is 5.11 Å². The molecule has 0 amide bonds. The summed E-state index contributed by atoms with van der Waals surface area (Å²) in [6.07, 6.45) is 2.87. The van der Waals surface area contributed by atoms with Crippen molar-refractivity contribution in [2.45, 2.75) is 32.3 Å². The van der Waals surface area contributed by atoms with Gasteiger partial charge in [-0.3, -0.25) is 0 Å². The molecule has 3 rings (SSSR count). The summed E-state index contributed by atoms with van der Waals surface area (Å²) in [7, 11) is 0. The first-order valence-electron chi connectivity index (χ1n) is 8.07. The number of thiazole rings is 1. The van der Waals surface area contributed by atoms with E-state index in [1.165, 1.54) is 11.3 Å². The topological polar surface area (TPSA) is 36.4 Å². The molecule has 0 radical (unpaired) electrons. The standard InChI is InChI=1S/C18H24N2OS/c1-14-4-2-3-5-17(14)18(21)15-6-9-20(10-7-15)11-8-16-12-22-13-19-16/h2-5,12-13,15,18,21H,6-11H2,1H3. The predicted molar refractivity (Wildman–Crippen MR) is 91.1 cm³/mol. The summed E-state index contributed by atoms with van der Waals surface area (Å²) in [5.41, 5.74) is 5.40. The van der Waals surface area contributed by atoms with Crippen LogP contribution in [0.4, 0.5) is 0 Å². The van der Waals surface area contributed by atoms with Gasteiger partial charge in [-0.1, -0.05) is 24.3 Å². The number of rotatable bonds is 5. The molecule has 1 N–H and O–H groups in total. The zero-order chi connectivity index (χ0) is 15.4. The van der Waals surface area contributed by atoms with Crippen LogP contribution in [-0.4, -0.2) is 34.6 Å². The Morgan fingerprint density at radius 1 is 1.32 bits per heavy atom. The lowest BCUT2D eigenvalue weighted by molar-refractivity contribution is 0.0587. The zero-order valence-corrected chi connectivity index (χ0v) is 13.9. The quantitative estimate of drug-likeness (QED) is 0.918. The molecule has 1 atom stereocenters. The maximum Gasteiger partial charge on any atom is 0.0821 e. The molecule has 1 saturated heterocycles. The number of piperidine rings is 1. The third kappa shape index (κ3) is 3.75. The summed E-state index contributed by atoms with van der Waals surface area (Å²) in [6.45, 7) is 5.33. The van der Waals surface area contributed by atoms with Crippen molar-refractivity contribution in [1.82, 2.24) is 9.88 Å². The van der Waals surface area contributed by atoms with Crippen LogP contribution in [0.15, 0.2) is 35.2 Å². The van der Waals surface area contributed by atoms with Crippen LogP contribution in [0.1, 0.15) is 35.8 Å². The van der Waals surface area contributed by atoms with E-state index >= 15 is 0 Å². The van der Waals surface area contributed by atoms with Crippen molar-refractivity contribution in [3.8, 4) is 0 Å². The Balaban J connectivity index is 1.50. The molecular formula is C18H24N2OS. The van der Waals surface area contributed by atoms with Crippen LogP contribution in [0.5, 0.6) is 0 Å². The van der Waals surface area contributed by atoms with E-state index in [2.05, 4.69) is 34.3 Å². The van der Waals surface area contributed by atoms with Gasteiger partial charge in [-0.15, -0.1) is 11.3 Å². The molecule has 3 nitrogen and oxygen atoms in total. The molecule has 22 heavy (non-hydrogen) atoms. The summed E-state index contributed by atoms with van der Waals surface area (Å²) >= 11 is 1.67. The molecule has 118 valence electrons. The van der Waals surface area contributed by atoms with Crippen LogP contribution in [0.25, 0.3) is 0 Å². The van der Waals surface area contributed by atoms with Crippen LogP contribution in [0.3, 0.4) is 0 Å². The Hall–Kier alpha value is -1.23. The van der Waals surface area contributed by atoms with Crippen LogP contribution < -0.4 is 0 Å². The minimum atomic E-state index is -0.318. The number of benzene rings is 1. The lowest BCUT2D eigenvalue weighted by Gasteiger charge is -2.34. The van der Waals surface area contributed by atoms with Gasteiger partial charge in [0.05, 0.1) is 17.3 Å². The average Bonchev–Trinajstić information content (AvgIpc) is 3.07. The monoisotopic (exact) mass is 316 g/mol. The molecule has 1 aliphatic heterocycles. The lowest BCUT2D eigenvalue weighted by Crippen LogP contribution is -2.37. The molecule has 1 unspecified atom stereocenters. The molecule has 0 saturated carbocycles. The largest absolute Gasteiger partial charge is 0.388 e. The van der Waals surface area contributed by atoms with Crippen molar-refractivity contribution in [1.29, 1.82) is 0 Å². The smallest absolute Gasteiger partial charge is 0.0821 e. The fraction of sp³-hybridized carbons (Fsp3) is 0.500. The van der Waals surface area contributed by atoms with Crippen LogP contribution in [0.2, 0.25) is 0 Å². The van der Waals surface area contributed by atoms with Gasteiger partial charge >= 0.3 is 0 Å². The number of hydrogen-bond donors (Lipinski definition) is 1. The van der Waals surface area contributed by atoms with Crippen molar-refractivity contribution < 1.29 is 5.11 Å². The number of aliphatic hydroxyl groups excluding tert-OH is 1. The highest BCUT2D eigenvalue weighted by Crippen LogP contribution is 2.32. The zero-order valence-electron chi connectivity index (χ0n) is 13.1. The van der Waals surface area contributed by atoms with E-state index in [1.807, 2.05) is 17.6 Å². The maximum absolute atomic E-state index is 10.7. The van der Waals surface area contributed by atoms with Gasteiger partial charge in [0.1, 0.15) is 0 Å². The Bertz CT molecular complexity index is 577.